The Balaban J connectivity index is 1.44. The quantitative estimate of drug-likeness (QED) is 0.716. The Morgan fingerprint density at radius 2 is 2.04 bits per heavy atom. The van der Waals surface area contributed by atoms with Crippen molar-refractivity contribution in [3.8, 4) is 11.5 Å². The second kappa shape index (κ2) is 7.77. The Morgan fingerprint density at radius 1 is 1.22 bits per heavy atom. The molecule has 0 bridgehead atoms. The van der Waals surface area contributed by atoms with Crippen LogP contribution in [0.2, 0.25) is 0 Å². The molecule has 0 saturated carbocycles. The number of nitrogens with one attached hydrogen (secondary N) is 1. The molecule has 0 amide bonds. The van der Waals surface area contributed by atoms with Crippen molar-refractivity contribution in [1.82, 2.24) is 14.9 Å². The van der Waals surface area contributed by atoms with E-state index < -0.39 is 6.09 Å². The van der Waals surface area contributed by atoms with Crippen molar-refractivity contribution >= 4 is 17.0 Å². The van der Waals surface area contributed by atoms with Gasteiger partial charge in [-0.3, -0.25) is 9.55 Å². The van der Waals surface area contributed by atoms with Crippen LogP contribution in [-0.2, 0) is 11.3 Å². The van der Waals surface area contributed by atoms with E-state index in [4.69, 9.17) is 14.6 Å². The molecule has 0 aliphatic carbocycles. The van der Waals surface area contributed by atoms with Crippen LogP contribution in [0.5, 0.6) is 11.5 Å². The minimum atomic E-state index is -1.01. The van der Waals surface area contributed by atoms with Crippen molar-refractivity contribution in [3.63, 3.8) is 0 Å². The van der Waals surface area contributed by atoms with Crippen molar-refractivity contribution in [2.24, 2.45) is 0 Å². The number of carbonyl (C=O) groups is 1. The molecule has 1 fully saturated rings. The molecule has 1 aliphatic heterocycles. The summed E-state index contributed by atoms with van der Waals surface area (Å²) in [7, 11) is 0. The van der Waals surface area contributed by atoms with Gasteiger partial charge in [0.25, 0.3) is 0 Å². The van der Waals surface area contributed by atoms with Gasteiger partial charge in [-0.2, -0.15) is 0 Å². The summed E-state index contributed by atoms with van der Waals surface area (Å²) in [5.41, 5.74) is 1.54. The lowest BCUT2D eigenvalue weighted by Gasteiger charge is -2.23. The number of hydrogen-bond acceptors (Lipinski definition) is 5. The maximum absolute atomic E-state index is 11.2. The molecular formula is C20H21N3O4. The summed E-state index contributed by atoms with van der Waals surface area (Å²) in [4.78, 5) is 15.6. The smallest absolute Gasteiger partial charge is 0.415 e. The van der Waals surface area contributed by atoms with Gasteiger partial charge in [-0.15, -0.1) is 0 Å². The van der Waals surface area contributed by atoms with Crippen LogP contribution in [0.3, 0.4) is 0 Å². The van der Waals surface area contributed by atoms with Crippen LogP contribution in [0, 0.1) is 0 Å². The highest BCUT2D eigenvalue weighted by Crippen LogP contribution is 2.26. The summed E-state index contributed by atoms with van der Waals surface area (Å²) < 4.78 is 12.5. The first-order valence-electron chi connectivity index (χ1n) is 8.97. The van der Waals surface area contributed by atoms with Crippen molar-refractivity contribution in [2.45, 2.75) is 25.4 Å². The van der Waals surface area contributed by atoms with Crippen LogP contribution in [0.4, 0.5) is 4.79 Å². The standard InChI is InChI=1S/C20H21N3O4/c24-20(25)23-8-4-14-11-17(1-2-19(14)23)27-18-3-7-21-16(12-18)13-22-15-5-9-26-10-6-15/h1-4,7-8,11-12,15,22H,5-6,9-10,13H2,(H,24,25). The zero-order chi connectivity index (χ0) is 18.6. The zero-order valence-electron chi connectivity index (χ0n) is 14.8. The van der Waals surface area contributed by atoms with Crippen molar-refractivity contribution < 1.29 is 19.4 Å². The molecule has 0 atom stereocenters. The van der Waals surface area contributed by atoms with E-state index in [1.807, 2.05) is 18.2 Å². The summed E-state index contributed by atoms with van der Waals surface area (Å²) in [6.45, 7) is 2.29. The number of pyridine rings is 1. The van der Waals surface area contributed by atoms with Crippen LogP contribution >= 0.6 is 0 Å². The Labute approximate surface area is 156 Å². The topological polar surface area (TPSA) is 85.6 Å². The number of benzene rings is 1. The molecule has 7 nitrogen and oxygen atoms in total. The Kier molecular flexibility index (Phi) is 5.04. The third-order valence-corrected chi connectivity index (χ3v) is 4.68. The fraction of sp³-hybridized carbons (Fsp3) is 0.300. The highest BCUT2D eigenvalue weighted by atomic mass is 16.5. The highest BCUT2D eigenvalue weighted by Gasteiger charge is 2.13. The fourth-order valence-electron chi connectivity index (χ4n) is 3.25. The van der Waals surface area contributed by atoms with Crippen LogP contribution in [0.15, 0.2) is 48.8 Å². The van der Waals surface area contributed by atoms with Gasteiger partial charge in [-0.05, 0) is 43.2 Å². The Morgan fingerprint density at radius 3 is 2.85 bits per heavy atom. The fourth-order valence-corrected chi connectivity index (χ4v) is 3.25. The number of carboxylic acid groups (broad SMARTS) is 1. The third-order valence-electron chi connectivity index (χ3n) is 4.68. The number of ether oxygens (including phenoxy) is 2. The van der Waals surface area contributed by atoms with Crippen LogP contribution in [0.1, 0.15) is 18.5 Å². The maximum atomic E-state index is 11.2. The summed E-state index contributed by atoms with van der Waals surface area (Å²) in [5, 5.41) is 13.5. The van der Waals surface area contributed by atoms with E-state index in [0.29, 0.717) is 29.6 Å². The number of nitrogens with zero attached hydrogens (tertiary/aromatic N) is 2. The summed E-state index contributed by atoms with van der Waals surface area (Å²) in [6, 6.07) is 11.3. The largest absolute Gasteiger partial charge is 0.464 e. The number of aromatic nitrogens is 2. The average molecular weight is 367 g/mol. The summed E-state index contributed by atoms with van der Waals surface area (Å²) in [5.74, 6) is 1.35. The molecule has 1 saturated heterocycles. The number of fused-ring (bicyclic) bond motifs is 1. The zero-order valence-corrected chi connectivity index (χ0v) is 14.8. The normalized spacial score (nSPS) is 15.1. The lowest BCUT2D eigenvalue weighted by Crippen LogP contribution is -2.34. The molecule has 140 valence electrons. The van der Waals surface area contributed by atoms with Crippen LogP contribution in [-0.4, -0.2) is 40.0 Å². The Bertz CT molecular complexity index is 947. The molecule has 0 spiro atoms. The predicted molar refractivity (Wildman–Crippen MR) is 100 cm³/mol. The molecule has 7 heteroatoms. The van der Waals surface area contributed by atoms with Gasteiger partial charge in [-0.25, -0.2) is 4.79 Å². The van der Waals surface area contributed by atoms with Gasteiger partial charge in [0.2, 0.25) is 0 Å². The minimum Gasteiger partial charge on any atom is -0.464 e. The summed E-state index contributed by atoms with van der Waals surface area (Å²) >= 11 is 0. The van der Waals surface area contributed by atoms with Crippen LogP contribution < -0.4 is 10.1 Å². The molecule has 4 rings (SSSR count). The molecule has 2 aromatic heterocycles. The van der Waals surface area contributed by atoms with Gasteiger partial charge in [0, 0.05) is 49.6 Å². The van der Waals surface area contributed by atoms with E-state index in [1.165, 1.54) is 10.8 Å². The van der Waals surface area contributed by atoms with E-state index in [9.17, 15) is 4.79 Å². The van der Waals surface area contributed by atoms with E-state index in [-0.39, 0.29) is 0 Å². The van der Waals surface area contributed by atoms with Crippen molar-refractivity contribution in [2.75, 3.05) is 13.2 Å². The lowest BCUT2D eigenvalue weighted by molar-refractivity contribution is 0.0775. The number of rotatable bonds is 5. The van der Waals surface area contributed by atoms with Gasteiger partial charge in [0.05, 0.1) is 11.2 Å². The lowest BCUT2D eigenvalue weighted by atomic mass is 10.1. The maximum Gasteiger partial charge on any atom is 0.415 e. The molecule has 1 aromatic carbocycles. The first kappa shape index (κ1) is 17.5. The molecule has 1 aliphatic rings. The first-order valence-corrected chi connectivity index (χ1v) is 8.97. The highest BCUT2D eigenvalue weighted by molar-refractivity contribution is 5.89. The van der Waals surface area contributed by atoms with Crippen molar-refractivity contribution in [3.05, 3.63) is 54.5 Å². The van der Waals surface area contributed by atoms with E-state index in [1.54, 1.807) is 24.4 Å². The van der Waals surface area contributed by atoms with Crippen molar-refractivity contribution in [1.29, 1.82) is 0 Å². The summed E-state index contributed by atoms with van der Waals surface area (Å²) in [6.07, 6.45) is 4.30. The first-order chi connectivity index (χ1) is 13.2. The van der Waals surface area contributed by atoms with E-state index >= 15 is 0 Å². The molecule has 0 radical (unpaired) electrons. The van der Waals surface area contributed by atoms with Gasteiger partial charge in [-0.1, -0.05) is 0 Å². The second-order valence-corrected chi connectivity index (χ2v) is 6.54. The molecule has 3 aromatic rings. The monoisotopic (exact) mass is 367 g/mol. The predicted octanol–water partition coefficient (Wildman–Crippen LogP) is 3.62. The molecule has 27 heavy (non-hydrogen) atoms. The van der Waals surface area contributed by atoms with Gasteiger partial charge < -0.3 is 19.9 Å². The van der Waals surface area contributed by atoms with Gasteiger partial charge in [0.15, 0.2) is 0 Å². The minimum absolute atomic E-state index is 0.464. The van der Waals surface area contributed by atoms with E-state index in [2.05, 4.69) is 10.3 Å². The SMILES string of the molecule is O=C(O)n1ccc2cc(Oc3ccnc(CNC4CCOCC4)c3)ccc21. The van der Waals surface area contributed by atoms with Gasteiger partial charge in [0.1, 0.15) is 11.5 Å². The Hall–Kier alpha value is -2.90. The van der Waals surface area contributed by atoms with Gasteiger partial charge >= 0.3 is 6.09 Å². The average Bonchev–Trinajstić information content (AvgIpc) is 3.11. The second-order valence-electron chi connectivity index (χ2n) is 6.54. The molecule has 2 N–H and O–H groups in total. The third kappa shape index (κ3) is 4.10. The van der Waals surface area contributed by atoms with Crippen LogP contribution in [0.25, 0.3) is 10.9 Å². The number of hydrogen-bond donors (Lipinski definition) is 2. The van der Waals surface area contributed by atoms with E-state index in [0.717, 1.165) is 37.1 Å². The molecule has 3 heterocycles. The molecule has 0 unspecified atom stereocenters. The molecular weight excluding hydrogens is 346 g/mol.